The summed E-state index contributed by atoms with van der Waals surface area (Å²) < 4.78 is 31.6. The van der Waals surface area contributed by atoms with Crippen LogP contribution < -0.4 is 14.8 Å². The summed E-state index contributed by atoms with van der Waals surface area (Å²) in [4.78, 5) is 12.3. The van der Waals surface area contributed by atoms with Gasteiger partial charge in [0, 0.05) is 13.0 Å². The molecule has 3 rings (SSSR count). The van der Waals surface area contributed by atoms with E-state index in [2.05, 4.69) is 10.0 Å². The Balaban J connectivity index is 1.36. The Bertz CT molecular complexity index is 1100. The zero-order valence-electron chi connectivity index (χ0n) is 18.1. The molecule has 0 atom stereocenters. The number of carbonyl (C=O) groups excluding carboxylic acids is 1. The molecule has 0 aliphatic carbocycles. The number of sulfonamides is 1. The molecule has 3 aromatic rings. The minimum atomic E-state index is -3.44. The maximum atomic E-state index is 12.1. The van der Waals surface area contributed by atoms with E-state index < -0.39 is 10.0 Å². The van der Waals surface area contributed by atoms with Crippen molar-refractivity contribution in [2.45, 2.75) is 30.8 Å². The van der Waals surface area contributed by atoms with Crippen molar-refractivity contribution in [1.29, 1.82) is 0 Å². The highest BCUT2D eigenvalue weighted by molar-refractivity contribution is 7.89. The lowest BCUT2D eigenvalue weighted by Crippen LogP contribution is -2.25. The van der Waals surface area contributed by atoms with Crippen molar-refractivity contribution in [3.63, 3.8) is 0 Å². The van der Waals surface area contributed by atoms with E-state index in [9.17, 15) is 13.2 Å². The Morgan fingerprint density at radius 3 is 2.09 bits per heavy atom. The minimum Gasteiger partial charge on any atom is -0.489 e. The van der Waals surface area contributed by atoms with Gasteiger partial charge in [-0.05, 0) is 60.8 Å². The first-order chi connectivity index (χ1) is 15.5. The number of rotatable bonds is 11. The molecule has 0 spiro atoms. The highest BCUT2D eigenvalue weighted by Crippen LogP contribution is 2.15. The number of hydrogen-bond donors (Lipinski definition) is 2. The van der Waals surface area contributed by atoms with E-state index in [0.29, 0.717) is 26.0 Å². The number of amides is 1. The van der Waals surface area contributed by atoms with Crippen molar-refractivity contribution in [3.8, 4) is 5.75 Å². The van der Waals surface area contributed by atoms with Crippen molar-refractivity contribution in [3.05, 3.63) is 95.6 Å². The lowest BCUT2D eigenvalue weighted by atomic mass is 10.1. The molecular formula is C25H28N2O4S. The first-order valence-corrected chi connectivity index (χ1v) is 12.0. The fraction of sp³-hybridized carbons (Fsp3) is 0.240. The number of benzene rings is 3. The molecule has 0 saturated heterocycles. The third kappa shape index (κ3) is 7.21. The summed E-state index contributed by atoms with van der Waals surface area (Å²) in [7, 11) is -2.06. The Kier molecular flexibility index (Phi) is 8.41. The van der Waals surface area contributed by atoms with Crippen LogP contribution in [0.3, 0.4) is 0 Å². The molecule has 32 heavy (non-hydrogen) atoms. The van der Waals surface area contributed by atoms with E-state index >= 15 is 0 Å². The van der Waals surface area contributed by atoms with Gasteiger partial charge in [0.1, 0.15) is 12.4 Å². The zero-order chi connectivity index (χ0) is 22.8. The van der Waals surface area contributed by atoms with Gasteiger partial charge in [0.25, 0.3) is 0 Å². The lowest BCUT2D eigenvalue weighted by molar-refractivity contribution is -0.121. The van der Waals surface area contributed by atoms with Crippen LogP contribution in [0.15, 0.2) is 83.8 Å². The summed E-state index contributed by atoms with van der Waals surface area (Å²) in [6, 6.07) is 24.5. The zero-order valence-corrected chi connectivity index (χ0v) is 18.9. The molecule has 0 aromatic heterocycles. The van der Waals surface area contributed by atoms with E-state index in [1.165, 1.54) is 7.05 Å². The fourth-order valence-corrected chi connectivity index (χ4v) is 3.87. The van der Waals surface area contributed by atoms with Crippen molar-refractivity contribution in [2.24, 2.45) is 0 Å². The molecule has 6 nitrogen and oxygen atoms in total. The molecule has 0 fully saturated rings. The molecule has 168 valence electrons. The second kappa shape index (κ2) is 11.5. The lowest BCUT2D eigenvalue weighted by Gasteiger charge is -2.09. The normalized spacial score (nSPS) is 11.2. The summed E-state index contributed by atoms with van der Waals surface area (Å²) in [5.41, 5.74) is 3.17. The van der Waals surface area contributed by atoms with Gasteiger partial charge < -0.3 is 10.1 Å². The quantitative estimate of drug-likeness (QED) is 0.467. The van der Waals surface area contributed by atoms with E-state index in [0.717, 1.165) is 28.9 Å². The molecule has 3 aromatic carbocycles. The van der Waals surface area contributed by atoms with Crippen LogP contribution in [0.2, 0.25) is 0 Å². The average Bonchev–Trinajstić information content (AvgIpc) is 2.83. The van der Waals surface area contributed by atoms with Gasteiger partial charge in [0.15, 0.2) is 0 Å². The Morgan fingerprint density at radius 1 is 0.812 bits per heavy atom. The summed E-state index contributed by atoms with van der Waals surface area (Å²) in [6.07, 6.45) is 1.64. The first-order valence-electron chi connectivity index (χ1n) is 10.5. The van der Waals surface area contributed by atoms with Gasteiger partial charge in [-0.3, -0.25) is 4.79 Å². The van der Waals surface area contributed by atoms with Crippen molar-refractivity contribution >= 4 is 15.9 Å². The highest BCUT2D eigenvalue weighted by atomic mass is 32.2. The number of nitrogens with one attached hydrogen (secondary N) is 2. The molecule has 0 heterocycles. The van der Waals surface area contributed by atoms with Crippen LogP contribution >= 0.6 is 0 Å². The number of ether oxygens (including phenoxy) is 1. The molecule has 0 saturated carbocycles. The van der Waals surface area contributed by atoms with Crippen LogP contribution in [-0.4, -0.2) is 27.9 Å². The molecule has 2 N–H and O–H groups in total. The third-order valence-corrected chi connectivity index (χ3v) is 6.48. The maximum Gasteiger partial charge on any atom is 0.240 e. The van der Waals surface area contributed by atoms with Crippen LogP contribution in [0.5, 0.6) is 5.75 Å². The number of carbonyl (C=O) groups is 1. The van der Waals surface area contributed by atoms with E-state index in [-0.39, 0.29) is 10.8 Å². The topological polar surface area (TPSA) is 84.5 Å². The van der Waals surface area contributed by atoms with Gasteiger partial charge in [0.05, 0.1) is 4.90 Å². The number of hydrogen-bond acceptors (Lipinski definition) is 4. The minimum absolute atomic E-state index is 0.0280. The van der Waals surface area contributed by atoms with Crippen LogP contribution in [0, 0.1) is 0 Å². The maximum absolute atomic E-state index is 12.1. The van der Waals surface area contributed by atoms with E-state index in [1.54, 1.807) is 24.3 Å². The van der Waals surface area contributed by atoms with Crippen LogP contribution in [0.1, 0.15) is 23.1 Å². The first kappa shape index (κ1) is 23.5. The SMILES string of the molecule is CNS(=O)(=O)c1ccc(CCC(=O)NCCc2ccc(OCc3ccccc3)cc2)cc1. The smallest absolute Gasteiger partial charge is 0.240 e. The molecular weight excluding hydrogens is 424 g/mol. The van der Waals surface area contributed by atoms with Crippen LogP contribution in [0.4, 0.5) is 0 Å². The van der Waals surface area contributed by atoms with Crippen molar-refractivity contribution in [1.82, 2.24) is 10.0 Å². The second-order valence-corrected chi connectivity index (χ2v) is 9.26. The summed E-state index contributed by atoms with van der Waals surface area (Å²) in [5, 5.41) is 2.93. The predicted octanol–water partition coefficient (Wildman–Crippen LogP) is 3.47. The van der Waals surface area contributed by atoms with Gasteiger partial charge in [-0.25, -0.2) is 13.1 Å². The van der Waals surface area contributed by atoms with Gasteiger partial charge in [-0.15, -0.1) is 0 Å². The van der Waals surface area contributed by atoms with Gasteiger partial charge in [-0.1, -0.05) is 54.6 Å². The number of aryl methyl sites for hydroxylation is 1. The molecule has 0 unspecified atom stereocenters. The van der Waals surface area contributed by atoms with Crippen molar-refractivity contribution in [2.75, 3.05) is 13.6 Å². The standard InChI is InChI=1S/C25H28N2O4S/c1-26-32(29,30)24-14-9-20(10-15-24)11-16-25(28)27-18-17-21-7-12-23(13-8-21)31-19-22-5-3-2-4-6-22/h2-10,12-15,26H,11,16-19H2,1H3,(H,27,28). The Hall–Kier alpha value is -3.16. The largest absolute Gasteiger partial charge is 0.489 e. The molecule has 1 amide bonds. The fourth-order valence-electron chi connectivity index (χ4n) is 3.14. The molecule has 0 aliphatic rings. The monoisotopic (exact) mass is 452 g/mol. The van der Waals surface area contributed by atoms with Crippen molar-refractivity contribution < 1.29 is 17.9 Å². The van der Waals surface area contributed by atoms with Gasteiger partial charge >= 0.3 is 0 Å². The van der Waals surface area contributed by atoms with E-state index in [1.807, 2.05) is 54.6 Å². The van der Waals surface area contributed by atoms with Gasteiger partial charge in [0.2, 0.25) is 15.9 Å². The predicted molar refractivity (Wildman–Crippen MR) is 125 cm³/mol. The highest BCUT2D eigenvalue weighted by Gasteiger charge is 2.10. The Labute approximate surface area is 189 Å². The Morgan fingerprint density at radius 2 is 1.44 bits per heavy atom. The molecule has 0 bridgehead atoms. The summed E-state index contributed by atoms with van der Waals surface area (Å²) >= 11 is 0. The summed E-state index contributed by atoms with van der Waals surface area (Å²) in [5.74, 6) is 0.787. The average molecular weight is 453 g/mol. The van der Waals surface area contributed by atoms with E-state index in [4.69, 9.17) is 4.74 Å². The molecule has 7 heteroatoms. The third-order valence-electron chi connectivity index (χ3n) is 5.05. The van der Waals surface area contributed by atoms with Gasteiger partial charge in [-0.2, -0.15) is 0 Å². The second-order valence-electron chi connectivity index (χ2n) is 7.37. The van der Waals surface area contributed by atoms with Crippen LogP contribution in [0.25, 0.3) is 0 Å². The van der Waals surface area contributed by atoms with Crippen LogP contribution in [-0.2, 0) is 34.3 Å². The molecule has 0 aliphatic heterocycles. The molecule has 0 radical (unpaired) electrons. The summed E-state index contributed by atoms with van der Waals surface area (Å²) in [6.45, 7) is 1.09.